The largest absolute Gasteiger partial charge is 0.455 e. The number of benzene rings is 1. The molecule has 1 aliphatic rings. The zero-order valence-corrected chi connectivity index (χ0v) is 9.62. The average Bonchev–Trinajstić information content (AvgIpc) is 2.32. The molecule has 0 saturated carbocycles. The molecule has 0 unspecified atom stereocenters. The molecule has 0 aliphatic heterocycles. The van der Waals surface area contributed by atoms with Gasteiger partial charge in [0, 0.05) is 0 Å². The van der Waals surface area contributed by atoms with Crippen LogP contribution in [-0.4, -0.2) is 0 Å². The molecule has 0 radical (unpaired) electrons. The number of para-hydroxylation sites is 1. The van der Waals surface area contributed by atoms with Crippen LogP contribution in [0.5, 0.6) is 0 Å². The second kappa shape index (κ2) is 3.45. The lowest BCUT2D eigenvalue weighted by molar-refractivity contribution is 0.579. The van der Waals surface area contributed by atoms with Crippen molar-refractivity contribution in [1.82, 2.24) is 0 Å². The van der Waals surface area contributed by atoms with Crippen LogP contribution in [0.2, 0.25) is 0 Å². The molecular formula is C15H12O2. The second-order valence-corrected chi connectivity index (χ2v) is 4.34. The number of rotatable bonds is 0. The van der Waals surface area contributed by atoms with E-state index < -0.39 is 0 Å². The highest BCUT2D eigenvalue weighted by molar-refractivity contribution is 5.86. The summed E-state index contributed by atoms with van der Waals surface area (Å²) in [6, 6.07) is 5.63. The molecule has 0 spiro atoms. The highest BCUT2D eigenvalue weighted by atomic mass is 16.3. The molecule has 0 atom stereocenters. The fourth-order valence-corrected chi connectivity index (χ4v) is 2.20. The van der Waals surface area contributed by atoms with E-state index in [4.69, 9.17) is 4.42 Å². The summed E-state index contributed by atoms with van der Waals surface area (Å²) in [6.45, 7) is 5.89. The molecule has 3 rings (SSSR count). The van der Waals surface area contributed by atoms with Crippen molar-refractivity contribution in [3.8, 4) is 0 Å². The third kappa shape index (κ3) is 1.37. The summed E-state index contributed by atoms with van der Waals surface area (Å²) < 4.78 is 5.86. The topological polar surface area (TPSA) is 30.2 Å². The molecular weight excluding hydrogens is 212 g/mol. The van der Waals surface area contributed by atoms with Crippen LogP contribution in [-0.2, 0) is 0 Å². The number of allylic oxidation sites excluding steroid dienone is 2. The maximum Gasteiger partial charge on any atom is 0.200 e. The quantitative estimate of drug-likeness (QED) is 0.685. The van der Waals surface area contributed by atoms with E-state index in [9.17, 15) is 4.79 Å². The summed E-state index contributed by atoms with van der Waals surface area (Å²) in [4.78, 5) is 12.3. The van der Waals surface area contributed by atoms with Gasteiger partial charge in [-0.3, -0.25) is 4.79 Å². The molecule has 2 heteroatoms. The Morgan fingerprint density at radius 1 is 1.35 bits per heavy atom. The standard InChI is InChI=1S/C15H12O2/c1-9-5-3-7-11-13(16)12-8-4-6-10(2)15(12)17-14(9)11/h3-4,6-8H,1,5H2,2H3. The highest BCUT2D eigenvalue weighted by Crippen LogP contribution is 2.29. The summed E-state index contributed by atoms with van der Waals surface area (Å²) in [6.07, 6.45) is 4.52. The van der Waals surface area contributed by atoms with Gasteiger partial charge in [-0.1, -0.05) is 30.9 Å². The van der Waals surface area contributed by atoms with E-state index in [0.29, 0.717) is 22.3 Å². The lowest BCUT2D eigenvalue weighted by atomic mass is 9.98. The Kier molecular flexibility index (Phi) is 2.05. The van der Waals surface area contributed by atoms with Gasteiger partial charge in [0.15, 0.2) is 0 Å². The predicted molar refractivity (Wildman–Crippen MR) is 69.9 cm³/mol. The van der Waals surface area contributed by atoms with Gasteiger partial charge in [-0.05, 0) is 30.5 Å². The maximum atomic E-state index is 12.3. The lowest BCUT2D eigenvalue weighted by Crippen LogP contribution is -2.11. The van der Waals surface area contributed by atoms with Crippen molar-refractivity contribution in [1.29, 1.82) is 0 Å². The molecule has 2 nitrogen and oxygen atoms in total. The molecule has 0 N–H and O–H groups in total. The molecule has 0 bridgehead atoms. The molecule has 2 aromatic rings. The molecule has 1 aromatic heterocycles. The Morgan fingerprint density at radius 2 is 2.18 bits per heavy atom. The Morgan fingerprint density at radius 3 is 3.00 bits per heavy atom. The molecule has 84 valence electrons. The van der Waals surface area contributed by atoms with E-state index in [0.717, 1.165) is 17.6 Å². The number of fused-ring (bicyclic) bond motifs is 2. The second-order valence-electron chi connectivity index (χ2n) is 4.34. The maximum absolute atomic E-state index is 12.3. The number of aryl methyl sites for hydroxylation is 1. The zero-order chi connectivity index (χ0) is 12.0. The monoisotopic (exact) mass is 224 g/mol. The Labute approximate surface area is 98.9 Å². The van der Waals surface area contributed by atoms with E-state index in [-0.39, 0.29) is 5.43 Å². The molecule has 1 aromatic carbocycles. The lowest BCUT2D eigenvalue weighted by Gasteiger charge is -2.12. The summed E-state index contributed by atoms with van der Waals surface area (Å²) in [5.41, 5.74) is 3.17. The van der Waals surface area contributed by atoms with Gasteiger partial charge in [-0.25, -0.2) is 0 Å². The fraction of sp³-hybridized carbons (Fsp3) is 0.133. The molecule has 0 amide bonds. The zero-order valence-electron chi connectivity index (χ0n) is 9.62. The van der Waals surface area contributed by atoms with Crippen molar-refractivity contribution in [2.75, 3.05) is 0 Å². The predicted octanol–water partition coefficient (Wildman–Crippen LogP) is 3.53. The first-order valence-electron chi connectivity index (χ1n) is 5.59. The van der Waals surface area contributed by atoms with E-state index in [2.05, 4.69) is 6.58 Å². The van der Waals surface area contributed by atoms with Gasteiger partial charge >= 0.3 is 0 Å². The minimum atomic E-state index is 0.0297. The third-order valence-electron chi connectivity index (χ3n) is 3.12. The minimum absolute atomic E-state index is 0.0297. The van der Waals surface area contributed by atoms with Gasteiger partial charge in [-0.15, -0.1) is 0 Å². The SMILES string of the molecule is C=C1CC=Cc2c1oc1c(C)cccc1c2=O. The van der Waals surface area contributed by atoms with Crippen LogP contribution in [0.25, 0.3) is 22.6 Å². The van der Waals surface area contributed by atoms with Crippen molar-refractivity contribution in [2.45, 2.75) is 13.3 Å². The van der Waals surface area contributed by atoms with Crippen molar-refractivity contribution in [3.63, 3.8) is 0 Å². The van der Waals surface area contributed by atoms with E-state index in [1.54, 1.807) is 6.07 Å². The first-order valence-corrected chi connectivity index (χ1v) is 5.59. The van der Waals surface area contributed by atoms with Gasteiger partial charge in [0.05, 0.1) is 10.9 Å². The molecule has 0 fully saturated rings. The Bertz CT molecular complexity index is 718. The first-order chi connectivity index (χ1) is 8.18. The molecule has 17 heavy (non-hydrogen) atoms. The van der Waals surface area contributed by atoms with Gasteiger partial charge in [0.2, 0.25) is 5.43 Å². The first kappa shape index (κ1) is 10.1. The Hall–Kier alpha value is -2.09. The van der Waals surface area contributed by atoms with Crippen LogP contribution in [0, 0.1) is 6.92 Å². The van der Waals surface area contributed by atoms with Crippen molar-refractivity contribution in [2.24, 2.45) is 0 Å². The van der Waals surface area contributed by atoms with Gasteiger partial charge in [0.25, 0.3) is 0 Å². The van der Waals surface area contributed by atoms with Gasteiger partial charge in [-0.2, -0.15) is 0 Å². The van der Waals surface area contributed by atoms with Crippen molar-refractivity contribution in [3.05, 3.63) is 58.0 Å². The molecule has 1 heterocycles. The van der Waals surface area contributed by atoms with Crippen LogP contribution >= 0.6 is 0 Å². The summed E-state index contributed by atoms with van der Waals surface area (Å²) in [5.74, 6) is 0.638. The number of hydrogen-bond acceptors (Lipinski definition) is 2. The minimum Gasteiger partial charge on any atom is -0.455 e. The third-order valence-corrected chi connectivity index (χ3v) is 3.12. The van der Waals surface area contributed by atoms with Crippen molar-refractivity contribution < 1.29 is 4.42 Å². The van der Waals surface area contributed by atoms with Crippen LogP contribution < -0.4 is 5.43 Å². The van der Waals surface area contributed by atoms with E-state index >= 15 is 0 Å². The average molecular weight is 224 g/mol. The van der Waals surface area contributed by atoms with Gasteiger partial charge in [0.1, 0.15) is 11.3 Å². The van der Waals surface area contributed by atoms with Crippen LogP contribution in [0.3, 0.4) is 0 Å². The van der Waals surface area contributed by atoms with Crippen LogP contribution in [0.4, 0.5) is 0 Å². The fourth-order valence-electron chi connectivity index (χ4n) is 2.20. The summed E-state index contributed by atoms with van der Waals surface area (Å²) in [7, 11) is 0. The Balaban J connectivity index is 2.54. The summed E-state index contributed by atoms with van der Waals surface area (Å²) in [5, 5.41) is 0.642. The normalized spacial score (nSPS) is 14.1. The van der Waals surface area contributed by atoms with Gasteiger partial charge < -0.3 is 4.42 Å². The molecule has 0 saturated heterocycles. The van der Waals surface area contributed by atoms with Crippen LogP contribution in [0.15, 0.2) is 40.1 Å². The van der Waals surface area contributed by atoms with E-state index in [1.165, 1.54) is 0 Å². The smallest absolute Gasteiger partial charge is 0.200 e. The van der Waals surface area contributed by atoms with Crippen molar-refractivity contribution >= 4 is 22.6 Å². The highest BCUT2D eigenvalue weighted by Gasteiger charge is 2.17. The summed E-state index contributed by atoms with van der Waals surface area (Å²) >= 11 is 0. The number of hydrogen-bond donors (Lipinski definition) is 0. The van der Waals surface area contributed by atoms with E-state index in [1.807, 2.05) is 31.2 Å². The van der Waals surface area contributed by atoms with Crippen LogP contribution in [0.1, 0.15) is 23.3 Å². The molecule has 1 aliphatic carbocycles.